The Morgan fingerprint density at radius 2 is 1.91 bits per heavy atom. The van der Waals surface area contributed by atoms with E-state index in [1.54, 1.807) is 33.0 Å². The number of alkyl carbamates (subject to hydrolysis) is 1. The standard InChI is InChI=1S/C25H27ClN2O5/c1-5-11-32-23(29)20-15-28-22-14-21(26)18(13-19(20)22)16-6-8-17(9-7-16)31-12-10-27-24(30)33-25(2,3)4/h5-9,13-15,28H,1,10-12H2,2-4H3,(H,27,30). The third kappa shape index (κ3) is 6.52. The third-order valence-corrected chi connectivity index (χ3v) is 4.84. The normalized spacial score (nSPS) is 11.2. The number of nitrogens with one attached hydrogen (secondary N) is 2. The highest BCUT2D eigenvalue weighted by Crippen LogP contribution is 2.34. The van der Waals surface area contributed by atoms with Crippen LogP contribution in [-0.2, 0) is 9.47 Å². The molecule has 0 bridgehead atoms. The minimum atomic E-state index is -0.544. The summed E-state index contributed by atoms with van der Waals surface area (Å²) in [4.78, 5) is 27.0. The molecule has 1 amide bonds. The van der Waals surface area contributed by atoms with Crippen molar-refractivity contribution in [1.29, 1.82) is 0 Å². The molecule has 33 heavy (non-hydrogen) atoms. The lowest BCUT2D eigenvalue weighted by Gasteiger charge is -2.19. The Morgan fingerprint density at radius 3 is 2.58 bits per heavy atom. The maximum atomic E-state index is 12.3. The number of aromatic amines is 1. The van der Waals surface area contributed by atoms with E-state index in [1.165, 1.54) is 6.08 Å². The molecule has 0 aliphatic rings. The van der Waals surface area contributed by atoms with E-state index in [1.807, 2.05) is 30.3 Å². The molecule has 2 N–H and O–H groups in total. The van der Waals surface area contributed by atoms with Crippen LogP contribution >= 0.6 is 11.6 Å². The lowest BCUT2D eigenvalue weighted by Crippen LogP contribution is -2.34. The summed E-state index contributed by atoms with van der Waals surface area (Å²) in [5.41, 5.74) is 2.28. The molecule has 7 nitrogen and oxygen atoms in total. The van der Waals surface area contributed by atoms with Crippen LogP contribution in [0.4, 0.5) is 4.79 Å². The minimum Gasteiger partial charge on any atom is -0.492 e. The smallest absolute Gasteiger partial charge is 0.407 e. The second kappa shape index (κ2) is 10.4. The second-order valence-corrected chi connectivity index (χ2v) is 8.68. The van der Waals surface area contributed by atoms with E-state index in [0.717, 1.165) is 22.0 Å². The van der Waals surface area contributed by atoms with Gasteiger partial charge in [-0.25, -0.2) is 9.59 Å². The van der Waals surface area contributed by atoms with Gasteiger partial charge in [0, 0.05) is 22.7 Å². The van der Waals surface area contributed by atoms with Gasteiger partial charge in [-0.3, -0.25) is 0 Å². The molecule has 174 valence electrons. The van der Waals surface area contributed by atoms with Crippen LogP contribution < -0.4 is 10.1 Å². The molecule has 2 aromatic carbocycles. The van der Waals surface area contributed by atoms with Gasteiger partial charge < -0.3 is 24.5 Å². The predicted molar refractivity (Wildman–Crippen MR) is 129 cm³/mol. The molecule has 0 saturated heterocycles. The Bertz CT molecular complexity index is 1150. The zero-order chi connectivity index (χ0) is 24.0. The average Bonchev–Trinajstić information content (AvgIpc) is 3.16. The van der Waals surface area contributed by atoms with Gasteiger partial charge in [0.05, 0.1) is 17.1 Å². The van der Waals surface area contributed by atoms with Crippen LogP contribution in [0, 0.1) is 0 Å². The molecule has 1 heterocycles. The fourth-order valence-electron chi connectivity index (χ4n) is 3.11. The molecule has 0 spiro atoms. The van der Waals surface area contributed by atoms with Crippen LogP contribution in [0.15, 0.2) is 55.3 Å². The van der Waals surface area contributed by atoms with Crippen molar-refractivity contribution in [1.82, 2.24) is 10.3 Å². The van der Waals surface area contributed by atoms with Gasteiger partial charge in [0.15, 0.2) is 0 Å². The molecule has 0 aliphatic carbocycles. The molecule has 0 aliphatic heterocycles. The van der Waals surface area contributed by atoms with Crippen molar-refractivity contribution in [2.45, 2.75) is 26.4 Å². The number of ether oxygens (including phenoxy) is 3. The molecule has 0 unspecified atom stereocenters. The van der Waals surface area contributed by atoms with Crippen LogP contribution in [0.25, 0.3) is 22.0 Å². The summed E-state index contributed by atoms with van der Waals surface area (Å²) in [5, 5.41) is 3.91. The largest absolute Gasteiger partial charge is 0.492 e. The zero-order valence-corrected chi connectivity index (χ0v) is 19.6. The van der Waals surface area contributed by atoms with Gasteiger partial charge in [-0.2, -0.15) is 0 Å². The summed E-state index contributed by atoms with van der Waals surface area (Å²) >= 11 is 6.49. The monoisotopic (exact) mass is 470 g/mol. The molecule has 3 rings (SSSR count). The highest BCUT2D eigenvalue weighted by Gasteiger charge is 2.17. The number of aromatic nitrogens is 1. The predicted octanol–water partition coefficient (Wildman–Crippen LogP) is 5.73. The van der Waals surface area contributed by atoms with Crippen LogP contribution in [0.5, 0.6) is 5.75 Å². The van der Waals surface area contributed by atoms with Gasteiger partial charge in [0.25, 0.3) is 0 Å². The van der Waals surface area contributed by atoms with E-state index in [0.29, 0.717) is 29.5 Å². The van der Waals surface area contributed by atoms with Gasteiger partial charge >= 0.3 is 12.1 Å². The molecular weight excluding hydrogens is 444 g/mol. The lowest BCUT2D eigenvalue weighted by atomic mass is 10.0. The number of amides is 1. The number of benzene rings is 2. The van der Waals surface area contributed by atoms with Crippen molar-refractivity contribution < 1.29 is 23.8 Å². The summed E-state index contributed by atoms with van der Waals surface area (Å²) in [6.45, 7) is 9.73. The number of H-pyrrole nitrogens is 1. The minimum absolute atomic E-state index is 0.140. The Hall–Kier alpha value is -3.45. The first-order valence-corrected chi connectivity index (χ1v) is 10.8. The van der Waals surface area contributed by atoms with Crippen LogP contribution in [-0.4, -0.2) is 42.4 Å². The Labute approximate surface area is 197 Å². The van der Waals surface area contributed by atoms with E-state index >= 15 is 0 Å². The van der Waals surface area contributed by atoms with Crippen LogP contribution in [0.1, 0.15) is 31.1 Å². The van der Waals surface area contributed by atoms with Gasteiger partial charge in [-0.1, -0.05) is 36.4 Å². The highest BCUT2D eigenvalue weighted by molar-refractivity contribution is 6.34. The van der Waals surface area contributed by atoms with E-state index < -0.39 is 17.7 Å². The SMILES string of the molecule is C=CCOC(=O)c1c[nH]c2cc(Cl)c(-c3ccc(OCCNC(=O)OC(C)(C)C)cc3)cc12. The van der Waals surface area contributed by atoms with Crippen molar-refractivity contribution in [2.75, 3.05) is 19.8 Å². The topological polar surface area (TPSA) is 89.7 Å². The van der Waals surface area contributed by atoms with Crippen molar-refractivity contribution in [2.24, 2.45) is 0 Å². The summed E-state index contributed by atoms with van der Waals surface area (Å²) < 4.78 is 16.0. The summed E-state index contributed by atoms with van der Waals surface area (Å²) in [7, 11) is 0. The number of carbonyl (C=O) groups excluding carboxylic acids is 2. The molecule has 0 fully saturated rings. The van der Waals surface area contributed by atoms with Crippen molar-refractivity contribution >= 4 is 34.6 Å². The fourth-order valence-corrected chi connectivity index (χ4v) is 3.39. The Kier molecular flexibility index (Phi) is 7.66. The summed E-state index contributed by atoms with van der Waals surface area (Å²) in [6, 6.07) is 11.0. The van der Waals surface area contributed by atoms with E-state index in [4.69, 9.17) is 25.8 Å². The number of fused-ring (bicyclic) bond motifs is 1. The van der Waals surface area contributed by atoms with Crippen LogP contribution in [0.2, 0.25) is 5.02 Å². The summed E-state index contributed by atoms with van der Waals surface area (Å²) in [6.07, 6.45) is 2.65. The van der Waals surface area contributed by atoms with E-state index in [2.05, 4.69) is 16.9 Å². The van der Waals surface area contributed by atoms with Crippen molar-refractivity contribution in [3.05, 3.63) is 65.8 Å². The molecular formula is C25H27ClN2O5. The lowest BCUT2D eigenvalue weighted by molar-refractivity contribution is 0.0517. The van der Waals surface area contributed by atoms with E-state index in [9.17, 15) is 9.59 Å². The number of hydrogen-bond donors (Lipinski definition) is 2. The highest BCUT2D eigenvalue weighted by atomic mass is 35.5. The fraction of sp³-hybridized carbons (Fsp3) is 0.280. The van der Waals surface area contributed by atoms with Crippen LogP contribution in [0.3, 0.4) is 0 Å². The number of rotatable bonds is 8. The molecule has 0 atom stereocenters. The van der Waals surface area contributed by atoms with Gasteiger partial charge in [0.2, 0.25) is 0 Å². The number of hydrogen-bond acceptors (Lipinski definition) is 5. The average molecular weight is 471 g/mol. The molecule has 0 saturated carbocycles. The zero-order valence-electron chi connectivity index (χ0n) is 18.9. The first kappa shape index (κ1) is 24.2. The molecule has 1 aromatic heterocycles. The molecule has 0 radical (unpaired) electrons. The molecule has 8 heteroatoms. The van der Waals surface area contributed by atoms with Crippen molar-refractivity contribution in [3.8, 4) is 16.9 Å². The number of esters is 1. The van der Waals surface area contributed by atoms with Crippen molar-refractivity contribution in [3.63, 3.8) is 0 Å². The summed E-state index contributed by atoms with van der Waals surface area (Å²) in [5.74, 6) is 0.218. The first-order chi connectivity index (χ1) is 15.7. The second-order valence-electron chi connectivity index (χ2n) is 8.27. The number of halogens is 1. The quantitative estimate of drug-likeness (QED) is 0.249. The van der Waals surface area contributed by atoms with E-state index in [-0.39, 0.29) is 6.61 Å². The number of carbonyl (C=O) groups is 2. The first-order valence-electron chi connectivity index (χ1n) is 10.5. The molecule has 3 aromatic rings. The maximum absolute atomic E-state index is 12.3. The third-order valence-electron chi connectivity index (χ3n) is 4.53. The maximum Gasteiger partial charge on any atom is 0.407 e. The Morgan fingerprint density at radius 1 is 1.18 bits per heavy atom. The van der Waals surface area contributed by atoms with Gasteiger partial charge in [-0.05, 0) is 50.6 Å². The van der Waals surface area contributed by atoms with Gasteiger partial charge in [-0.15, -0.1) is 0 Å². The van der Waals surface area contributed by atoms with Gasteiger partial charge in [0.1, 0.15) is 24.6 Å². The Balaban J connectivity index is 1.67.